The maximum Gasteiger partial charge on any atom is 0.0858 e. The van der Waals surface area contributed by atoms with Gasteiger partial charge in [-0.2, -0.15) is 0 Å². The average molecular weight is 250 g/mol. The molecule has 18 heavy (non-hydrogen) atoms. The van der Waals surface area contributed by atoms with Gasteiger partial charge in [-0.05, 0) is 39.7 Å². The molecule has 0 saturated heterocycles. The number of benzene rings is 1. The zero-order chi connectivity index (χ0) is 13.8. The van der Waals surface area contributed by atoms with Crippen LogP contribution < -0.4 is 11.3 Å². The van der Waals surface area contributed by atoms with E-state index in [2.05, 4.69) is 51.3 Å². The highest BCUT2D eigenvalue weighted by Gasteiger charge is 2.33. The van der Waals surface area contributed by atoms with Crippen molar-refractivity contribution in [1.29, 1.82) is 0 Å². The molecule has 0 fully saturated rings. The van der Waals surface area contributed by atoms with Gasteiger partial charge in [0, 0.05) is 6.61 Å². The molecule has 0 saturated carbocycles. The van der Waals surface area contributed by atoms with Crippen LogP contribution in [0.15, 0.2) is 18.2 Å². The highest BCUT2D eigenvalue weighted by Crippen LogP contribution is 2.32. The van der Waals surface area contributed by atoms with Gasteiger partial charge in [-0.1, -0.05) is 36.2 Å². The Bertz CT molecular complexity index is 372. The predicted octanol–water partition coefficient (Wildman–Crippen LogP) is 3.01. The topological polar surface area (TPSA) is 47.3 Å². The second kappa shape index (κ2) is 6.32. The molecule has 0 aliphatic carbocycles. The molecule has 0 aliphatic heterocycles. The minimum absolute atomic E-state index is 0.000972. The third-order valence-electron chi connectivity index (χ3n) is 3.53. The molecule has 2 unspecified atom stereocenters. The summed E-state index contributed by atoms with van der Waals surface area (Å²) in [6.45, 7) is 11.2. The number of aryl methyl sites for hydroxylation is 2. The summed E-state index contributed by atoms with van der Waals surface area (Å²) in [4.78, 5) is 0. The molecule has 0 aromatic heterocycles. The molecular formula is C15H26N2O. The van der Waals surface area contributed by atoms with Crippen LogP contribution in [-0.2, 0) is 4.74 Å². The summed E-state index contributed by atoms with van der Waals surface area (Å²) in [5, 5.41) is 0. The lowest BCUT2D eigenvalue weighted by atomic mass is 9.87. The normalized spacial score (nSPS) is 16.3. The van der Waals surface area contributed by atoms with Gasteiger partial charge in [0.1, 0.15) is 0 Å². The highest BCUT2D eigenvalue weighted by molar-refractivity contribution is 5.32. The molecule has 3 heteroatoms. The summed E-state index contributed by atoms with van der Waals surface area (Å²) in [5.41, 5.74) is 6.32. The van der Waals surface area contributed by atoms with Crippen LogP contribution in [0.3, 0.4) is 0 Å². The number of nitrogens with two attached hydrogens (primary N) is 1. The highest BCUT2D eigenvalue weighted by atomic mass is 16.5. The third kappa shape index (κ3) is 3.31. The van der Waals surface area contributed by atoms with Crippen LogP contribution in [0.5, 0.6) is 0 Å². The largest absolute Gasteiger partial charge is 0.374 e. The number of hydrazine groups is 1. The number of hydrogen-bond donors (Lipinski definition) is 2. The number of hydrogen-bond acceptors (Lipinski definition) is 3. The first kappa shape index (κ1) is 15.2. The average Bonchev–Trinajstić information content (AvgIpc) is 2.29. The summed E-state index contributed by atoms with van der Waals surface area (Å²) in [6, 6.07) is 6.51. The van der Waals surface area contributed by atoms with E-state index < -0.39 is 0 Å². The van der Waals surface area contributed by atoms with Crippen molar-refractivity contribution in [3.05, 3.63) is 34.9 Å². The van der Waals surface area contributed by atoms with E-state index in [0.29, 0.717) is 6.61 Å². The summed E-state index contributed by atoms with van der Waals surface area (Å²) in [5.74, 6) is 5.77. The van der Waals surface area contributed by atoms with Crippen LogP contribution in [0.25, 0.3) is 0 Å². The molecule has 2 atom stereocenters. The van der Waals surface area contributed by atoms with Gasteiger partial charge in [0.15, 0.2) is 0 Å². The lowest BCUT2D eigenvalue weighted by molar-refractivity contribution is -0.0564. The fourth-order valence-corrected chi connectivity index (χ4v) is 2.52. The smallest absolute Gasteiger partial charge is 0.0858 e. The third-order valence-corrected chi connectivity index (χ3v) is 3.53. The van der Waals surface area contributed by atoms with Gasteiger partial charge in [0.05, 0.1) is 11.6 Å². The molecule has 0 aliphatic rings. The minimum atomic E-state index is -0.288. The molecule has 1 aromatic rings. The Hall–Kier alpha value is -0.900. The maximum atomic E-state index is 5.92. The maximum absolute atomic E-state index is 5.92. The fourth-order valence-electron chi connectivity index (χ4n) is 2.52. The van der Waals surface area contributed by atoms with E-state index in [1.165, 1.54) is 16.7 Å². The second-order valence-electron chi connectivity index (χ2n) is 5.12. The second-order valence-corrected chi connectivity index (χ2v) is 5.12. The van der Waals surface area contributed by atoms with E-state index in [9.17, 15) is 0 Å². The van der Waals surface area contributed by atoms with Gasteiger partial charge >= 0.3 is 0 Å². The molecule has 0 spiro atoms. The summed E-state index contributed by atoms with van der Waals surface area (Å²) < 4.78 is 5.92. The van der Waals surface area contributed by atoms with Crippen LogP contribution in [0.2, 0.25) is 0 Å². The van der Waals surface area contributed by atoms with Crippen molar-refractivity contribution >= 4 is 0 Å². The Kier molecular flexibility index (Phi) is 5.32. The molecular weight excluding hydrogens is 224 g/mol. The molecule has 0 amide bonds. The van der Waals surface area contributed by atoms with E-state index in [4.69, 9.17) is 10.6 Å². The van der Waals surface area contributed by atoms with Gasteiger partial charge < -0.3 is 4.74 Å². The van der Waals surface area contributed by atoms with E-state index in [-0.39, 0.29) is 11.6 Å². The zero-order valence-electron chi connectivity index (χ0n) is 12.2. The monoisotopic (exact) mass is 250 g/mol. The molecule has 102 valence electrons. The van der Waals surface area contributed by atoms with Gasteiger partial charge in [-0.25, -0.2) is 0 Å². The Labute approximate surface area is 111 Å². The van der Waals surface area contributed by atoms with Crippen LogP contribution in [0.4, 0.5) is 0 Å². The molecule has 0 bridgehead atoms. The molecule has 1 rings (SSSR count). The first-order valence-corrected chi connectivity index (χ1v) is 6.65. The molecule has 3 N–H and O–H groups in total. The van der Waals surface area contributed by atoms with Crippen molar-refractivity contribution in [2.75, 3.05) is 6.61 Å². The van der Waals surface area contributed by atoms with E-state index in [1.54, 1.807) is 0 Å². The number of rotatable bonds is 6. The zero-order valence-corrected chi connectivity index (χ0v) is 12.2. The van der Waals surface area contributed by atoms with Crippen LogP contribution in [0.1, 0.15) is 49.9 Å². The van der Waals surface area contributed by atoms with Gasteiger partial charge in [-0.15, -0.1) is 0 Å². The van der Waals surface area contributed by atoms with Crippen molar-refractivity contribution < 1.29 is 4.74 Å². The van der Waals surface area contributed by atoms with Gasteiger partial charge in [-0.3, -0.25) is 11.3 Å². The fraction of sp³-hybridized carbons (Fsp3) is 0.600. The number of nitrogens with one attached hydrogen (secondary N) is 1. The molecule has 0 radical (unpaired) electrons. The summed E-state index contributed by atoms with van der Waals surface area (Å²) >= 11 is 0. The Morgan fingerprint density at radius 2 is 1.78 bits per heavy atom. The van der Waals surface area contributed by atoms with Crippen molar-refractivity contribution in [1.82, 2.24) is 5.43 Å². The summed E-state index contributed by atoms with van der Waals surface area (Å²) in [7, 11) is 0. The SMILES string of the molecule is CCOC(C)(CC)C(NN)c1cc(C)cc(C)c1. The van der Waals surface area contributed by atoms with Crippen molar-refractivity contribution in [2.24, 2.45) is 5.84 Å². The van der Waals surface area contributed by atoms with Crippen molar-refractivity contribution in [3.63, 3.8) is 0 Å². The molecule has 0 heterocycles. The van der Waals surface area contributed by atoms with Gasteiger partial charge in [0.2, 0.25) is 0 Å². The standard InChI is InChI=1S/C15H26N2O/c1-6-15(5,18-7-2)14(17-16)13-9-11(3)8-12(4)10-13/h8-10,14,17H,6-7,16H2,1-5H3. The lowest BCUT2D eigenvalue weighted by Crippen LogP contribution is -2.46. The van der Waals surface area contributed by atoms with Crippen LogP contribution in [-0.4, -0.2) is 12.2 Å². The minimum Gasteiger partial charge on any atom is -0.374 e. The van der Waals surface area contributed by atoms with E-state index in [1.807, 2.05) is 6.92 Å². The Morgan fingerprint density at radius 1 is 1.22 bits per heavy atom. The predicted molar refractivity (Wildman–Crippen MR) is 76.3 cm³/mol. The number of ether oxygens (including phenoxy) is 1. The van der Waals surface area contributed by atoms with E-state index >= 15 is 0 Å². The quantitative estimate of drug-likeness (QED) is 0.602. The van der Waals surface area contributed by atoms with E-state index in [0.717, 1.165) is 6.42 Å². The lowest BCUT2D eigenvalue weighted by Gasteiger charge is -2.37. The van der Waals surface area contributed by atoms with Gasteiger partial charge in [0.25, 0.3) is 0 Å². The first-order valence-electron chi connectivity index (χ1n) is 6.65. The first-order chi connectivity index (χ1) is 8.46. The van der Waals surface area contributed by atoms with Crippen molar-refractivity contribution in [3.8, 4) is 0 Å². The molecule has 3 nitrogen and oxygen atoms in total. The molecule has 1 aromatic carbocycles. The van der Waals surface area contributed by atoms with Crippen LogP contribution >= 0.6 is 0 Å². The van der Waals surface area contributed by atoms with Crippen LogP contribution in [0, 0.1) is 13.8 Å². The van der Waals surface area contributed by atoms with Crippen molar-refractivity contribution in [2.45, 2.75) is 52.7 Å². The Balaban J connectivity index is 3.14. The summed E-state index contributed by atoms with van der Waals surface area (Å²) in [6.07, 6.45) is 0.905. The Morgan fingerprint density at radius 3 is 2.17 bits per heavy atom.